The Labute approximate surface area is 201 Å². The first-order valence-electron chi connectivity index (χ1n) is 10.7. The van der Waals surface area contributed by atoms with Crippen molar-refractivity contribution in [3.05, 3.63) is 89.7 Å². The second-order valence-corrected chi connectivity index (χ2v) is 9.04. The minimum atomic E-state index is -0.640. The van der Waals surface area contributed by atoms with Crippen LogP contribution in [0.25, 0.3) is 0 Å². The number of rotatable bonds is 6. The maximum absolute atomic E-state index is 13.4. The summed E-state index contributed by atoms with van der Waals surface area (Å²) in [6.07, 6.45) is 0.0426. The van der Waals surface area contributed by atoms with Crippen LogP contribution in [0, 0.1) is 12.7 Å². The van der Waals surface area contributed by atoms with Crippen molar-refractivity contribution in [1.82, 2.24) is 4.90 Å². The molecule has 1 fully saturated rings. The zero-order valence-corrected chi connectivity index (χ0v) is 19.6. The first kappa shape index (κ1) is 23.5. The van der Waals surface area contributed by atoms with Gasteiger partial charge in [-0.25, -0.2) is 9.38 Å². The van der Waals surface area contributed by atoms with Crippen molar-refractivity contribution < 1.29 is 18.7 Å². The minimum Gasteiger partial charge on any atom is -0.497 e. The summed E-state index contributed by atoms with van der Waals surface area (Å²) < 4.78 is 18.6. The molecule has 3 aromatic rings. The van der Waals surface area contributed by atoms with Crippen LogP contribution in [0.4, 0.5) is 15.8 Å². The van der Waals surface area contributed by atoms with Crippen molar-refractivity contribution in [1.29, 1.82) is 0 Å². The lowest BCUT2D eigenvalue weighted by molar-refractivity contribution is -0.129. The lowest BCUT2D eigenvalue weighted by Crippen LogP contribution is -2.44. The lowest BCUT2D eigenvalue weighted by Gasteiger charge is -2.32. The number of halogens is 1. The van der Waals surface area contributed by atoms with Crippen molar-refractivity contribution in [2.24, 2.45) is 4.99 Å². The van der Waals surface area contributed by atoms with Gasteiger partial charge in [-0.3, -0.25) is 14.5 Å². The summed E-state index contributed by atoms with van der Waals surface area (Å²) in [5.74, 6) is -0.127. The van der Waals surface area contributed by atoms with Crippen molar-refractivity contribution in [3.8, 4) is 5.75 Å². The molecule has 3 aromatic carbocycles. The summed E-state index contributed by atoms with van der Waals surface area (Å²) in [4.78, 5) is 32.3. The zero-order chi connectivity index (χ0) is 24.1. The highest BCUT2D eigenvalue weighted by atomic mass is 32.2. The highest BCUT2D eigenvalue weighted by Gasteiger charge is 2.36. The Bertz CT molecular complexity index is 1210. The molecule has 1 atom stereocenters. The van der Waals surface area contributed by atoms with E-state index in [1.54, 1.807) is 12.0 Å². The molecular weight excluding hydrogens is 453 g/mol. The second kappa shape index (κ2) is 10.5. The van der Waals surface area contributed by atoms with Crippen LogP contribution in [-0.4, -0.2) is 34.2 Å². The number of hydrogen-bond acceptors (Lipinski definition) is 5. The predicted octanol–water partition coefficient (Wildman–Crippen LogP) is 5.30. The van der Waals surface area contributed by atoms with Crippen LogP contribution in [0.2, 0.25) is 0 Å². The minimum absolute atomic E-state index is 0.0426. The van der Waals surface area contributed by atoms with E-state index in [1.807, 2.05) is 55.5 Å². The molecule has 0 aliphatic carbocycles. The van der Waals surface area contributed by atoms with Crippen LogP contribution >= 0.6 is 11.8 Å². The molecule has 34 heavy (non-hydrogen) atoms. The van der Waals surface area contributed by atoms with Crippen molar-refractivity contribution >= 4 is 40.1 Å². The van der Waals surface area contributed by atoms with Gasteiger partial charge in [0.25, 0.3) is 0 Å². The number of anilines is 1. The Morgan fingerprint density at radius 2 is 1.88 bits per heavy atom. The summed E-state index contributed by atoms with van der Waals surface area (Å²) in [7, 11) is 1.59. The maximum Gasteiger partial charge on any atom is 0.238 e. The molecule has 1 aliphatic rings. The van der Waals surface area contributed by atoms with E-state index in [9.17, 15) is 14.0 Å². The largest absolute Gasteiger partial charge is 0.497 e. The molecule has 0 bridgehead atoms. The fraction of sp³-hybridized carbons (Fsp3) is 0.192. The molecular formula is C26H24FN3O3S. The highest BCUT2D eigenvalue weighted by molar-refractivity contribution is 8.15. The van der Waals surface area contributed by atoms with Gasteiger partial charge < -0.3 is 10.1 Å². The van der Waals surface area contributed by atoms with E-state index in [0.29, 0.717) is 23.1 Å². The van der Waals surface area contributed by atoms with Crippen LogP contribution in [0.3, 0.4) is 0 Å². The highest BCUT2D eigenvalue weighted by Crippen LogP contribution is 2.31. The van der Waals surface area contributed by atoms with Crippen LogP contribution in [0.5, 0.6) is 5.75 Å². The van der Waals surface area contributed by atoms with Gasteiger partial charge in [-0.2, -0.15) is 0 Å². The number of nitrogens with zero attached hydrogens (tertiary/aromatic N) is 2. The number of amides is 2. The molecule has 6 nitrogen and oxygen atoms in total. The monoisotopic (exact) mass is 477 g/mol. The third kappa shape index (κ3) is 5.82. The van der Waals surface area contributed by atoms with Gasteiger partial charge in [0.15, 0.2) is 5.17 Å². The van der Waals surface area contributed by atoms with E-state index in [1.165, 1.54) is 36.0 Å². The molecule has 0 spiro atoms. The molecule has 1 heterocycles. The lowest BCUT2D eigenvalue weighted by atomic mass is 10.1. The fourth-order valence-corrected chi connectivity index (χ4v) is 4.58. The average molecular weight is 478 g/mol. The van der Waals surface area contributed by atoms with Crippen molar-refractivity contribution in [2.45, 2.75) is 25.1 Å². The smallest absolute Gasteiger partial charge is 0.238 e. The molecule has 1 aliphatic heterocycles. The Hall–Kier alpha value is -3.65. The van der Waals surface area contributed by atoms with Gasteiger partial charge >= 0.3 is 0 Å². The van der Waals surface area contributed by atoms with E-state index < -0.39 is 5.25 Å². The molecule has 0 aromatic heterocycles. The predicted molar refractivity (Wildman–Crippen MR) is 133 cm³/mol. The number of thioether (sulfide) groups is 1. The average Bonchev–Trinajstić information content (AvgIpc) is 2.83. The maximum atomic E-state index is 13.4. The van der Waals surface area contributed by atoms with Gasteiger partial charge in [0.05, 0.1) is 19.3 Å². The number of hydrogen-bond donors (Lipinski definition) is 1. The Balaban J connectivity index is 1.59. The van der Waals surface area contributed by atoms with Crippen LogP contribution in [0.15, 0.2) is 77.8 Å². The van der Waals surface area contributed by atoms with E-state index in [2.05, 4.69) is 10.3 Å². The van der Waals surface area contributed by atoms with E-state index in [4.69, 9.17) is 4.74 Å². The van der Waals surface area contributed by atoms with Gasteiger partial charge in [0, 0.05) is 12.1 Å². The zero-order valence-electron chi connectivity index (χ0n) is 18.8. The number of aryl methyl sites for hydroxylation is 1. The standard InChI is InChI=1S/C26H24FN3O3S/c1-17-4-3-5-21(14-17)28-25(32)23-15-24(31)30(16-18-6-12-22(33-2)13-7-18)26(34-23)29-20-10-8-19(27)9-11-20/h3-14,23H,15-16H2,1-2H3,(H,28,32)/t23-/m1/s1. The quantitative estimate of drug-likeness (QED) is 0.523. The molecule has 8 heteroatoms. The van der Waals surface area contributed by atoms with Gasteiger partial charge in [-0.05, 0) is 66.6 Å². The van der Waals surface area contributed by atoms with Crippen molar-refractivity contribution in [3.63, 3.8) is 0 Å². The third-order valence-corrected chi connectivity index (χ3v) is 6.46. The molecule has 0 radical (unpaired) electrons. The Kier molecular flexibility index (Phi) is 7.27. The molecule has 0 unspecified atom stereocenters. The number of benzene rings is 3. The SMILES string of the molecule is COc1ccc(CN2C(=O)C[C@H](C(=O)Nc3cccc(C)c3)SC2=Nc2ccc(F)cc2)cc1. The summed E-state index contributed by atoms with van der Waals surface area (Å²) >= 11 is 1.23. The Morgan fingerprint density at radius 3 is 2.56 bits per heavy atom. The number of carbonyl (C=O) groups excluding carboxylic acids is 2. The number of nitrogens with one attached hydrogen (secondary N) is 1. The first-order chi connectivity index (χ1) is 16.4. The molecule has 2 amide bonds. The molecule has 1 N–H and O–H groups in total. The van der Waals surface area contributed by atoms with Gasteiger partial charge in [0.1, 0.15) is 16.8 Å². The van der Waals surface area contributed by atoms with Crippen LogP contribution < -0.4 is 10.1 Å². The number of aliphatic imine (C=N–C) groups is 1. The summed E-state index contributed by atoms with van der Waals surface area (Å²) in [6, 6.07) is 20.6. The number of ether oxygens (including phenoxy) is 1. The third-order valence-electron chi connectivity index (χ3n) is 5.27. The van der Waals surface area contributed by atoms with Gasteiger partial charge in [-0.1, -0.05) is 36.0 Å². The molecule has 4 rings (SSSR count). The first-order valence-corrected chi connectivity index (χ1v) is 11.6. The Morgan fingerprint density at radius 1 is 1.15 bits per heavy atom. The van der Waals surface area contributed by atoms with Crippen molar-refractivity contribution in [2.75, 3.05) is 12.4 Å². The van der Waals surface area contributed by atoms with Crippen LogP contribution in [-0.2, 0) is 16.1 Å². The molecule has 0 saturated carbocycles. The number of methoxy groups -OCH3 is 1. The van der Waals surface area contributed by atoms with Gasteiger partial charge in [0.2, 0.25) is 11.8 Å². The molecule has 174 valence electrons. The fourth-order valence-electron chi connectivity index (χ4n) is 3.48. The van der Waals surface area contributed by atoms with E-state index >= 15 is 0 Å². The summed E-state index contributed by atoms with van der Waals surface area (Å²) in [6.45, 7) is 2.24. The number of amidine groups is 1. The molecule has 1 saturated heterocycles. The van der Waals surface area contributed by atoms with E-state index in [0.717, 1.165) is 16.9 Å². The second-order valence-electron chi connectivity index (χ2n) is 7.87. The topological polar surface area (TPSA) is 71.0 Å². The normalized spacial score (nSPS) is 17.0. The summed E-state index contributed by atoms with van der Waals surface area (Å²) in [5, 5.41) is 2.65. The van der Waals surface area contributed by atoms with E-state index in [-0.39, 0.29) is 24.1 Å². The summed E-state index contributed by atoms with van der Waals surface area (Å²) in [5.41, 5.74) is 3.09. The number of carbonyl (C=O) groups is 2. The van der Waals surface area contributed by atoms with Crippen LogP contribution in [0.1, 0.15) is 17.5 Å². The van der Waals surface area contributed by atoms with Gasteiger partial charge in [-0.15, -0.1) is 0 Å².